The summed E-state index contributed by atoms with van der Waals surface area (Å²) < 4.78 is 14.7. The van der Waals surface area contributed by atoms with E-state index < -0.39 is 23.0 Å². The van der Waals surface area contributed by atoms with Gasteiger partial charge in [-0.05, 0) is 36.6 Å². The highest BCUT2D eigenvalue weighted by molar-refractivity contribution is 6.03. The molecular formula is C22H22FN3O3. The molecule has 1 amide bonds. The van der Waals surface area contributed by atoms with E-state index in [1.807, 2.05) is 12.1 Å². The van der Waals surface area contributed by atoms with Gasteiger partial charge in [-0.3, -0.25) is 14.2 Å². The summed E-state index contributed by atoms with van der Waals surface area (Å²) in [5, 5.41) is 2.66. The quantitative estimate of drug-likeness (QED) is 0.644. The SMILES string of the molecule is CCCCc1ccc(NC(=O)c2c[nH]c(=O)n(Cc3ccccc3F)c2=O)cc1. The normalized spacial score (nSPS) is 10.7. The highest BCUT2D eigenvalue weighted by Crippen LogP contribution is 2.12. The van der Waals surface area contributed by atoms with Gasteiger partial charge in [-0.15, -0.1) is 0 Å². The van der Waals surface area contributed by atoms with Crippen molar-refractivity contribution in [1.82, 2.24) is 9.55 Å². The Bertz CT molecular complexity index is 1120. The summed E-state index contributed by atoms with van der Waals surface area (Å²) in [5.74, 6) is -1.17. The number of nitrogens with one attached hydrogen (secondary N) is 2. The molecule has 29 heavy (non-hydrogen) atoms. The van der Waals surface area contributed by atoms with Crippen molar-refractivity contribution < 1.29 is 9.18 Å². The maximum absolute atomic E-state index is 13.9. The summed E-state index contributed by atoms with van der Waals surface area (Å²) in [5.41, 5.74) is 0.170. The first kappa shape index (κ1) is 20.3. The summed E-state index contributed by atoms with van der Waals surface area (Å²) in [4.78, 5) is 39.7. The van der Waals surface area contributed by atoms with Gasteiger partial charge in [0.15, 0.2) is 0 Å². The van der Waals surface area contributed by atoms with Crippen molar-refractivity contribution in [2.45, 2.75) is 32.7 Å². The molecule has 2 aromatic carbocycles. The highest BCUT2D eigenvalue weighted by Gasteiger charge is 2.16. The minimum Gasteiger partial charge on any atom is -0.322 e. The average Bonchev–Trinajstić information content (AvgIpc) is 2.72. The molecule has 6 nitrogen and oxygen atoms in total. The summed E-state index contributed by atoms with van der Waals surface area (Å²) in [7, 11) is 0. The van der Waals surface area contributed by atoms with Crippen LogP contribution in [-0.4, -0.2) is 15.5 Å². The Balaban J connectivity index is 1.82. The number of hydrogen-bond donors (Lipinski definition) is 2. The molecule has 0 aliphatic heterocycles. The number of aromatic amines is 1. The Labute approximate surface area is 167 Å². The molecule has 0 saturated heterocycles. The fourth-order valence-electron chi connectivity index (χ4n) is 2.95. The molecule has 0 saturated carbocycles. The van der Waals surface area contributed by atoms with E-state index in [9.17, 15) is 18.8 Å². The smallest absolute Gasteiger partial charge is 0.322 e. The second kappa shape index (κ2) is 9.14. The van der Waals surface area contributed by atoms with Crippen LogP contribution in [0.2, 0.25) is 0 Å². The van der Waals surface area contributed by atoms with Crippen LogP contribution in [0.25, 0.3) is 0 Å². The number of benzene rings is 2. The Morgan fingerprint density at radius 3 is 2.52 bits per heavy atom. The first-order valence-corrected chi connectivity index (χ1v) is 9.46. The van der Waals surface area contributed by atoms with E-state index in [0.29, 0.717) is 5.69 Å². The number of amides is 1. The van der Waals surface area contributed by atoms with Crippen molar-refractivity contribution in [3.63, 3.8) is 0 Å². The number of unbranched alkanes of at least 4 members (excludes halogenated alkanes) is 1. The average molecular weight is 395 g/mol. The van der Waals surface area contributed by atoms with Gasteiger partial charge in [0.1, 0.15) is 11.4 Å². The number of carbonyl (C=O) groups is 1. The summed E-state index contributed by atoms with van der Waals surface area (Å²) >= 11 is 0. The molecule has 3 aromatic rings. The van der Waals surface area contributed by atoms with Crippen LogP contribution in [0.1, 0.15) is 41.3 Å². The van der Waals surface area contributed by atoms with Gasteiger partial charge in [-0.1, -0.05) is 43.7 Å². The first-order valence-electron chi connectivity index (χ1n) is 9.46. The molecule has 2 N–H and O–H groups in total. The van der Waals surface area contributed by atoms with E-state index in [2.05, 4.69) is 17.2 Å². The number of nitrogens with zero attached hydrogens (tertiary/aromatic N) is 1. The predicted octanol–water partition coefficient (Wildman–Crippen LogP) is 3.32. The van der Waals surface area contributed by atoms with E-state index in [-0.39, 0.29) is 17.7 Å². The second-order valence-electron chi connectivity index (χ2n) is 6.74. The molecule has 0 atom stereocenters. The van der Waals surface area contributed by atoms with Crippen LogP contribution >= 0.6 is 0 Å². The van der Waals surface area contributed by atoms with Gasteiger partial charge in [0.2, 0.25) is 0 Å². The van der Waals surface area contributed by atoms with Gasteiger partial charge in [-0.2, -0.15) is 0 Å². The lowest BCUT2D eigenvalue weighted by Crippen LogP contribution is -2.39. The Morgan fingerprint density at radius 2 is 1.83 bits per heavy atom. The number of H-pyrrole nitrogens is 1. The zero-order valence-electron chi connectivity index (χ0n) is 16.1. The van der Waals surface area contributed by atoms with Gasteiger partial charge in [0, 0.05) is 17.4 Å². The molecule has 7 heteroatoms. The minimum atomic E-state index is -0.783. The standard InChI is InChI=1S/C22H22FN3O3/c1-2-3-6-15-9-11-17(12-10-15)25-20(27)18-13-24-22(29)26(21(18)28)14-16-7-4-5-8-19(16)23/h4-5,7-13H,2-3,6,14H2,1H3,(H,24,29)(H,25,27). The second-order valence-corrected chi connectivity index (χ2v) is 6.74. The molecule has 0 radical (unpaired) electrons. The fourth-order valence-corrected chi connectivity index (χ4v) is 2.95. The van der Waals surface area contributed by atoms with Crippen LogP contribution in [0.3, 0.4) is 0 Å². The highest BCUT2D eigenvalue weighted by atomic mass is 19.1. The Kier molecular flexibility index (Phi) is 6.39. The van der Waals surface area contributed by atoms with Crippen molar-refractivity contribution >= 4 is 11.6 Å². The molecule has 0 bridgehead atoms. The van der Waals surface area contributed by atoms with Crippen molar-refractivity contribution in [3.8, 4) is 0 Å². The number of carbonyl (C=O) groups excluding carboxylic acids is 1. The zero-order valence-corrected chi connectivity index (χ0v) is 16.1. The number of aromatic nitrogens is 2. The molecule has 0 unspecified atom stereocenters. The Morgan fingerprint density at radius 1 is 1.10 bits per heavy atom. The lowest BCUT2D eigenvalue weighted by atomic mass is 10.1. The summed E-state index contributed by atoms with van der Waals surface area (Å²) in [6.45, 7) is 1.85. The molecule has 150 valence electrons. The predicted molar refractivity (Wildman–Crippen MR) is 110 cm³/mol. The molecule has 3 rings (SSSR count). The van der Waals surface area contributed by atoms with E-state index in [0.717, 1.165) is 30.0 Å². The topological polar surface area (TPSA) is 84.0 Å². The van der Waals surface area contributed by atoms with E-state index in [4.69, 9.17) is 0 Å². The number of anilines is 1. The molecule has 0 aliphatic carbocycles. The van der Waals surface area contributed by atoms with Crippen LogP contribution < -0.4 is 16.6 Å². The van der Waals surface area contributed by atoms with Gasteiger partial charge >= 0.3 is 5.69 Å². The van der Waals surface area contributed by atoms with Crippen molar-refractivity contribution in [2.24, 2.45) is 0 Å². The molecule has 1 aromatic heterocycles. The van der Waals surface area contributed by atoms with Gasteiger partial charge in [0.25, 0.3) is 11.5 Å². The molecule has 1 heterocycles. The number of aryl methyl sites for hydroxylation is 1. The lowest BCUT2D eigenvalue weighted by molar-refractivity contribution is 0.102. The third-order valence-electron chi connectivity index (χ3n) is 4.62. The number of rotatable bonds is 7. The summed E-state index contributed by atoms with van der Waals surface area (Å²) in [6, 6.07) is 13.2. The molecule has 0 spiro atoms. The third kappa shape index (κ3) is 4.87. The van der Waals surface area contributed by atoms with Gasteiger partial charge < -0.3 is 10.3 Å². The fraction of sp³-hybridized carbons (Fsp3) is 0.227. The van der Waals surface area contributed by atoms with E-state index in [1.165, 1.54) is 23.8 Å². The lowest BCUT2D eigenvalue weighted by Gasteiger charge is -2.09. The van der Waals surface area contributed by atoms with E-state index >= 15 is 0 Å². The minimum absolute atomic E-state index is 0.181. The monoisotopic (exact) mass is 395 g/mol. The van der Waals surface area contributed by atoms with Crippen molar-refractivity contribution in [2.75, 3.05) is 5.32 Å². The van der Waals surface area contributed by atoms with Gasteiger partial charge in [0.05, 0.1) is 6.54 Å². The van der Waals surface area contributed by atoms with Gasteiger partial charge in [-0.25, -0.2) is 9.18 Å². The molecule has 0 fully saturated rings. The van der Waals surface area contributed by atoms with Crippen molar-refractivity contribution in [3.05, 3.63) is 98.1 Å². The van der Waals surface area contributed by atoms with Crippen LogP contribution in [-0.2, 0) is 13.0 Å². The molecule has 0 aliphatic rings. The third-order valence-corrected chi connectivity index (χ3v) is 4.62. The first-order chi connectivity index (χ1) is 14.0. The number of halogens is 1. The number of hydrogen-bond acceptors (Lipinski definition) is 3. The Hall–Kier alpha value is -3.48. The molecular weight excluding hydrogens is 373 g/mol. The maximum atomic E-state index is 13.9. The van der Waals surface area contributed by atoms with Crippen LogP contribution in [0.15, 0.2) is 64.3 Å². The van der Waals surface area contributed by atoms with Crippen molar-refractivity contribution in [1.29, 1.82) is 0 Å². The summed E-state index contributed by atoms with van der Waals surface area (Å²) in [6.07, 6.45) is 4.23. The largest absolute Gasteiger partial charge is 0.328 e. The van der Waals surface area contributed by atoms with Crippen LogP contribution in [0.4, 0.5) is 10.1 Å². The van der Waals surface area contributed by atoms with Crippen LogP contribution in [0, 0.1) is 5.82 Å². The maximum Gasteiger partial charge on any atom is 0.328 e. The zero-order chi connectivity index (χ0) is 20.8. The van der Waals surface area contributed by atoms with Crippen LogP contribution in [0.5, 0.6) is 0 Å². The van der Waals surface area contributed by atoms with E-state index in [1.54, 1.807) is 18.2 Å².